The van der Waals surface area contributed by atoms with Crippen LogP contribution in [0.3, 0.4) is 0 Å². The van der Waals surface area contributed by atoms with Gasteiger partial charge >= 0.3 is 11.8 Å². The molecule has 26 heavy (non-hydrogen) atoms. The van der Waals surface area contributed by atoms with Gasteiger partial charge in [0.25, 0.3) is 0 Å². The molecule has 0 aliphatic heterocycles. The fourth-order valence-electron chi connectivity index (χ4n) is 3.31. The van der Waals surface area contributed by atoms with Gasteiger partial charge in [0.2, 0.25) is 0 Å². The van der Waals surface area contributed by atoms with Gasteiger partial charge in [-0.3, -0.25) is 9.59 Å². The van der Waals surface area contributed by atoms with Crippen LogP contribution in [0.2, 0.25) is 0 Å². The number of nitrogens with one attached hydrogen (secondary N) is 2. The second-order valence-corrected chi connectivity index (χ2v) is 7.76. The van der Waals surface area contributed by atoms with Crippen molar-refractivity contribution >= 4 is 33.4 Å². The minimum Gasteiger partial charge on any atom is -0.341 e. The standard InChI is InChI=1S/C21H23BrN2O2/c1-13-11-18(22)9-10-19(13)24-21(26)20(25)23-14(2)16-8-7-15-5-3-4-6-17(15)12-16/h7-12,14H,3-6H2,1-2H3,(H,23,25)(H,24,26). The van der Waals surface area contributed by atoms with E-state index in [9.17, 15) is 9.59 Å². The van der Waals surface area contributed by atoms with E-state index < -0.39 is 11.8 Å². The smallest absolute Gasteiger partial charge is 0.313 e. The zero-order valence-electron chi connectivity index (χ0n) is 15.1. The van der Waals surface area contributed by atoms with Crippen molar-refractivity contribution in [3.8, 4) is 0 Å². The van der Waals surface area contributed by atoms with Crippen LogP contribution in [0.5, 0.6) is 0 Å². The number of fused-ring (bicyclic) bond motifs is 1. The van der Waals surface area contributed by atoms with E-state index in [1.807, 2.05) is 32.0 Å². The molecule has 136 valence electrons. The number of benzene rings is 2. The summed E-state index contributed by atoms with van der Waals surface area (Å²) in [5, 5.41) is 5.47. The SMILES string of the molecule is Cc1cc(Br)ccc1NC(=O)C(=O)NC(C)c1ccc2c(c1)CCCC2. The summed E-state index contributed by atoms with van der Waals surface area (Å²) in [5.41, 5.74) is 5.33. The van der Waals surface area contributed by atoms with Crippen LogP contribution in [0.15, 0.2) is 40.9 Å². The van der Waals surface area contributed by atoms with Gasteiger partial charge in [-0.15, -0.1) is 0 Å². The average molecular weight is 415 g/mol. The molecule has 1 atom stereocenters. The first kappa shape index (κ1) is 18.6. The second kappa shape index (κ2) is 8.04. The van der Waals surface area contributed by atoms with E-state index in [0.717, 1.165) is 28.4 Å². The maximum atomic E-state index is 12.3. The molecule has 5 heteroatoms. The Kier molecular flexibility index (Phi) is 5.77. The number of hydrogen-bond acceptors (Lipinski definition) is 2. The van der Waals surface area contributed by atoms with Crippen molar-refractivity contribution in [2.45, 2.75) is 45.6 Å². The molecule has 0 saturated carbocycles. The van der Waals surface area contributed by atoms with Crippen LogP contribution >= 0.6 is 15.9 Å². The molecular weight excluding hydrogens is 392 g/mol. The van der Waals surface area contributed by atoms with Crippen LogP contribution in [0.4, 0.5) is 5.69 Å². The van der Waals surface area contributed by atoms with Gasteiger partial charge in [-0.05, 0) is 80.0 Å². The summed E-state index contributed by atoms with van der Waals surface area (Å²) in [4.78, 5) is 24.5. The predicted molar refractivity (Wildman–Crippen MR) is 107 cm³/mol. The third kappa shape index (κ3) is 4.33. The summed E-state index contributed by atoms with van der Waals surface area (Å²) in [6.07, 6.45) is 4.68. The number of carbonyl (C=O) groups is 2. The van der Waals surface area contributed by atoms with Crippen LogP contribution < -0.4 is 10.6 Å². The fraction of sp³-hybridized carbons (Fsp3) is 0.333. The molecule has 0 spiro atoms. The lowest BCUT2D eigenvalue weighted by Gasteiger charge is -2.20. The molecule has 4 nitrogen and oxygen atoms in total. The number of anilines is 1. The van der Waals surface area contributed by atoms with Crippen molar-refractivity contribution in [3.05, 3.63) is 63.1 Å². The molecule has 2 N–H and O–H groups in total. The van der Waals surface area contributed by atoms with Crippen LogP contribution in [0.1, 0.15) is 48.1 Å². The first-order valence-corrected chi connectivity index (χ1v) is 9.73. The molecule has 0 radical (unpaired) electrons. The van der Waals surface area contributed by atoms with Crippen molar-refractivity contribution in [3.63, 3.8) is 0 Å². The van der Waals surface area contributed by atoms with E-state index >= 15 is 0 Å². The highest BCUT2D eigenvalue weighted by atomic mass is 79.9. The molecule has 0 fully saturated rings. The van der Waals surface area contributed by atoms with Crippen LogP contribution in [0, 0.1) is 6.92 Å². The number of aryl methyl sites for hydroxylation is 3. The molecule has 1 aliphatic carbocycles. The van der Waals surface area contributed by atoms with Gasteiger partial charge in [0, 0.05) is 10.2 Å². The Hall–Kier alpha value is -2.14. The highest BCUT2D eigenvalue weighted by molar-refractivity contribution is 9.10. The topological polar surface area (TPSA) is 58.2 Å². The highest BCUT2D eigenvalue weighted by Crippen LogP contribution is 2.25. The lowest BCUT2D eigenvalue weighted by molar-refractivity contribution is -0.136. The van der Waals surface area contributed by atoms with Crippen LogP contribution in [-0.2, 0) is 22.4 Å². The second-order valence-electron chi connectivity index (χ2n) is 6.84. The molecule has 0 heterocycles. The van der Waals surface area contributed by atoms with Crippen molar-refractivity contribution < 1.29 is 9.59 Å². The minimum atomic E-state index is -0.653. The van der Waals surface area contributed by atoms with E-state index in [2.05, 4.69) is 38.7 Å². The summed E-state index contributed by atoms with van der Waals surface area (Å²) in [6.45, 7) is 3.79. The van der Waals surface area contributed by atoms with E-state index in [1.165, 1.54) is 24.0 Å². The Morgan fingerprint density at radius 2 is 1.73 bits per heavy atom. The van der Waals surface area contributed by atoms with Gasteiger partial charge in [0.1, 0.15) is 0 Å². The molecule has 2 aromatic carbocycles. The van der Waals surface area contributed by atoms with Gasteiger partial charge in [-0.2, -0.15) is 0 Å². The Balaban J connectivity index is 1.64. The number of hydrogen-bond donors (Lipinski definition) is 2. The number of halogens is 1. The molecule has 1 unspecified atom stereocenters. The summed E-state index contributed by atoms with van der Waals surface area (Å²) in [6, 6.07) is 11.6. The third-order valence-electron chi connectivity index (χ3n) is 4.86. The van der Waals surface area contributed by atoms with Crippen molar-refractivity contribution in [1.82, 2.24) is 5.32 Å². The zero-order valence-corrected chi connectivity index (χ0v) is 16.7. The van der Waals surface area contributed by atoms with Gasteiger partial charge in [-0.25, -0.2) is 0 Å². The molecule has 0 aromatic heterocycles. The Morgan fingerprint density at radius 1 is 1.00 bits per heavy atom. The van der Waals surface area contributed by atoms with E-state index in [0.29, 0.717) is 5.69 Å². The van der Waals surface area contributed by atoms with Gasteiger partial charge in [-0.1, -0.05) is 34.1 Å². The van der Waals surface area contributed by atoms with E-state index in [-0.39, 0.29) is 6.04 Å². The Bertz CT molecular complexity index is 848. The van der Waals surface area contributed by atoms with Gasteiger partial charge < -0.3 is 10.6 Å². The van der Waals surface area contributed by atoms with Crippen LogP contribution in [-0.4, -0.2) is 11.8 Å². The van der Waals surface area contributed by atoms with Gasteiger partial charge in [0.05, 0.1) is 6.04 Å². The Morgan fingerprint density at radius 3 is 2.46 bits per heavy atom. The molecule has 2 amide bonds. The number of carbonyl (C=O) groups excluding carboxylic acids is 2. The van der Waals surface area contributed by atoms with Gasteiger partial charge in [0.15, 0.2) is 0 Å². The highest BCUT2D eigenvalue weighted by Gasteiger charge is 2.19. The molecule has 1 aliphatic rings. The maximum absolute atomic E-state index is 12.3. The molecular formula is C21H23BrN2O2. The summed E-state index contributed by atoms with van der Waals surface area (Å²) >= 11 is 3.38. The molecule has 2 aromatic rings. The van der Waals surface area contributed by atoms with Crippen LogP contribution in [0.25, 0.3) is 0 Å². The van der Waals surface area contributed by atoms with Crippen molar-refractivity contribution in [2.75, 3.05) is 5.32 Å². The molecule has 0 bridgehead atoms. The lowest BCUT2D eigenvalue weighted by Crippen LogP contribution is -2.37. The van der Waals surface area contributed by atoms with E-state index in [1.54, 1.807) is 6.07 Å². The average Bonchev–Trinajstić information content (AvgIpc) is 2.63. The normalized spacial score (nSPS) is 14.3. The zero-order chi connectivity index (χ0) is 18.7. The number of amides is 2. The third-order valence-corrected chi connectivity index (χ3v) is 5.36. The largest absolute Gasteiger partial charge is 0.341 e. The van der Waals surface area contributed by atoms with Crippen molar-refractivity contribution in [1.29, 1.82) is 0 Å². The maximum Gasteiger partial charge on any atom is 0.313 e. The quantitative estimate of drug-likeness (QED) is 0.728. The monoisotopic (exact) mass is 414 g/mol. The predicted octanol–water partition coefficient (Wildman–Crippen LogP) is 4.45. The Labute approximate surface area is 162 Å². The molecule has 0 saturated heterocycles. The fourth-order valence-corrected chi connectivity index (χ4v) is 3.79. The first-order valence-electron chi connectivity index (χ1n) is 8.94. The summed E-state index contributed by atoms with van der Waals surface area (Å²) in [7, 11) is 0. The van der Waals surface area contributed by atoms with E-state index in [4.69, 9.17) is 0 Å². The first-order chi connectivity index (χ1) is 12.4. The number of rotatable bonds is 3. The van der Waals surface area contributed by atoms with Crippen molar-refractivity contribution in [2.24, 2.45) is 0 Å². The summed E-state index contributed by atoms with van der Waals surface area (Å²) < 4.78 is 0.929. The molecule has 3 rings (SSSR count). The lowest BCUT2D eigenvalue weighted by atomic mass is 9.89. The minimum absolute atomic E-state index is 0.216. The summed E-state index contributed by atoms with van der Waals surface area (Å²) in [5.74, 6) is -1.28.